The van der Waals surface area contributed by atoms with Gasteiger partial charge in [0.25, 0.3) is 0 Å². The number of carbonyl (C=O) groups is 2. The predicted molar refractivity (Wildman–Crippen MR) is 70.6 cm³/mol. The second-order valence-electron chi connectivity index (χ2n) is 5.24. The van der Waals surface area contributed by atoms with Crippen LogP contribution in [0.3, 0.4) is 0 Å². The summed E-state index contributed by atoms with van der Waals surface area (Å²) in [7, 11) is 0. The van der Waals surface area contributed by atoms with Crippen molar-refractivity contribution in [2.45, 2.75) is 38.5 Å². The summed E-state index contributed by atoms with van der Waals surface area (Å²) in [6, 6.07) is 0.763. The molecule has 0 saturated carbocycles. The molecule has 0 aromatic carbocycles. The summed E-state index contributed by atoms with van der Waals surface area (Å²) in [4.78, 5) is 24.7. The van der Waals surface area contributed by atoms with Crippen LogP contribution in [-0.4, -0.2) is 45.6 Å². The number of piperidine rings is 1. The van der Waals surface area contributed by atoms with E-state index in [1.807, 2.05) is 0 Å². The first-order valence-electron chi connectivity index (χ1n) is 6.91. The minimum Gasteiger partial charge on any atom is -0.352 e. The molecule has 0 unspecified atom stereocenters. The average Bonchev–Trinajstić information content (AvgIpc) is 2.87. The van der Waals surface area contributed by atoms with Crippen LogP contribution in [0.15, 0.2) is 12.3 Å². The highest BCUT2D eigenvalue weighted by atomic mass is 19.4. The highest BCUT2D eigenvalue weighted by Gasteiger charge is 2.33. The van der Waals surface area contributed by atoms with E-state index in [-0.39, 0.29) is 18.5 Å². The van der Waals surface area contributed by atoms with E-state index in [4.69, 9.17) is 0 Å². The monoisotopic (exact) mass is 318 g/mol. The highest BCUT2D eigenvalue weighted by Crippen LogP contribution is 2.27. The van der Waals surface area contributed by atoms with Gasteiger partial charge in [-0.25, -0.2) is 0 Å². The van der Waals surface area contributed by atoms with Crippen molar-refractivity contribution in [3.05, 3.63) is 18.0 Å². The summed E-state index contributed by atoms with van der Waals surface area (Å²) < 4.78 is 38.2. The Hall–Kier alpha value is -2.06. The molecule has 6 nitrogen and oxygen atoms in total. The van der Waals surface area contributed by atoms with Gasteiger partial charge >= 0.3 is 6.18 Å². The molecule has 1 N–H and O–H groups in total. The molecule has 2 rings (SSSR count). The lowest BCUT2D eigenvalue weighted by atomic mass is 10.1. The quantitative estimate of drug-likeness (QED) is 0.905. The number of likely N-dealkylation sites (tertiary alicyclic amines) is 1. The Balaban J connectivity index is 1.81. The van der Waals surface area contributed by atoms with Crippen molar-refractivity contribution in [2.75, 3.05) is 13.1 Å². The zero-order valence-corrected chi connectivity index (χ0v) is 12.1. The highest BCUT2D eigenvalue weighted by molar-refractivity contribution is 5.76. The summed E-state index contributed by atoms with van der Waals surface area (Å²) in [5.41, 5.74) is -1.02. The fourth-order valence-electron chi connectivity index (χ4n) is 2.36. The van der Waals surface area contributed by atoms with Crippen molar-refractivity contribution in [3.8, 4) is 0 Å². The smallest absolute Gasteiger partial charge is 0.352 e. The Morgan fingerprint density at radius 1 is 1.36 bits per heavy atom. The van der Waals surface area contributed by atoms with E-state index in [1.54, 1.807) is 4.90 Å². The molecule has 1 aromatic heterocycles. The molecule has 1 aromatic rings. The number of alkyl halides is 3. The molecule has 0 atom stereocenters. The Morgan fingerprint density at radius 3 is 2.50 bits per heavy atom. The Morgan fingerprint density at radius 2 is 2.00 bits per heavy atom. The Kier molecular flexibility index (Phi) is 4.72. The second kappa shape index (κ2) is 6.37. The van der Waals surface area contributed by atoms with Gasteiger partial charge in [-0.1, -0.05) is 0 Å². The van der Waals surface area contributed by atoms with E-state index in [0.717, 1.165) is 16.9 Å². The van der Waals surface area contributed by atoms with E-state index in [2.05, 4.69) is 10.4 Å². The van der Waals surface area contributed by atoms with E-state index in [9.17, 15) is 22.8 Å². The van der Waals surface area contributed by atoms with Crippen LogP contribution in [0.1, 0.15) is 25.5 Å². The fraction of sp³-hybridized carbons (Fsp3) is 0.615. The van der Waals surface area contributed by atoms with Gasteiger partial charge in [0.15, 0.2) is 5.69 Å². The SMILES string of the molecule is CC(=O)N1CCC(NC(=O)Cn2ccc(C(F)(F)F)n2)CC1. The van der Waals surface area contributed by atoms with E-state index in [0.29, 0.717) is 25.9 Å². The van der Waals surface area contributed by atoms with Crippen LogP contribution in [0, 0.1) is 0 Å². The zero-order valence-electron chi connectivity index (χ0n) is 12.1. The molecule has 2 heterocycles. The summed E-state index contributed by atoms with van der Waals surface area (Å²) in [5.74, 6) is -0.390. The molecule has 1 aliphatic rings. The molecule has 1 aliphatic heterocycles. The van der Waals surface area contributed by atoms with Crippen LogP contribution in [0.5, 0.6) is 0 Å². The van der Waals surface area contributed by atoms with Gasteiger partial charge in [-0.15, -0.1) is 0 Å². The lowest BCUT2D eigenvalue weighted by Crippen LogP contribution is -2.46. The third-order valence-electron chi connectivity index (χ3n) is 3.54. The van der Waals surface area contributed by atoms with Gasteiger partial charge in [-0.05, 0) is 18.9 Å². The molecule has 0 aliphatic carbocycles. The number of halogens is 3. The van der Waals surface area contributed by atoms with Crippen LogP contribution in [0.4, 0.5) is 13.2 Å². The standard InChI is InChI=1S/C13H17F3N4O2/c1-9(21)19-5-2-10(3-6-19)17-12(22)8-20-7-4-11(18-20)13(14,15)16/h4,7,10H,2-3,5-6,8H2,1H3,(H,17,22). The van der Waals surface area contributed by atoms with Crippen LogP contribution < -0.4 is 5.32 Å². The van der Waals surface area contributed by atoms with E-state index < -0.39 is 17.8 Å². The first-order chi connectivity index (χ1) is 10.3. The van der Waals surface area contributed by atoms with Crippen molar-refractivity contribution < 1.29 is 22.8 Å². The summed E-state index contributed by atoms with van der Waals surface area (Å²) in [6.07, 6.45) is -2.11. The third-order valence-corrected chi connectivity index (χ3v) is 3.54. The predicted octanol–water partition coefficient (Wildman–Crippen LogP) is 1.03. The van der Waals surface area contributed by atoms with Crippen LogP contribution in [0.25, 0.3) is 0 Å². The summed E-state index contributed by atoms with van der Waals surface area (Å²) in [5, 5.41) is 6.08. The van der Waals surface area contributed by atoms with Gasteiger partial charge in [-0.3, -0.25) is 14.3 Å². The van der Waals surface area contributed by atoms with E-state index >= 15 is 0 Å². The van der Waals surface area contributed by atoms with Crippen molar-refractivity contribution in [3.63, 3.8) is 0 Å². The number of nitrogens with zero attached hydrogens (tertiary/aromatic N) is 3. The fourth-order valence-corrected chi connectivity index (χ4v) is 2.36. The van der Waals surface area contributed by atoms with Crippen LogP contribution in [0.2, 0.25) is 0 Å². The first kappa shape index (κ1) is 16.3. The molecule has 2 amide bonds. The number of hydrogen-bond donors (Lipinski definition) is 1. The minimum atomic E-state index is -4.51. The maximum atomic E-state index is 12.4. The van der Waals surface area contributed by atoms with Crippen LogP contribution in [-0.2, 0) is 22.3 Å². The first-order valence-corrected chi connectivity index (χ1v) is 6.91. The van der Waals surface area contributed by atoms with Gasteiger partial charge in [0.2, 0.25) is 11.8 Å². The van der Waals surface area contributed by atoms with Gasteiger partial charge in [0, 0.05) is 32.3 Å². The number of aromatic nitrogens is 2. The van der Waals surface area contributed by atoms with Gasteiger partial charge in [0.05, 0.1) is 0 Å². The molecule has 122 valence electrons. The number of nitrogens with one attached hydrogen (secondary N) is 1. The number of amides is 2. The molecule has 1 saturated heterocycles. The lowest BCUT2D eigenvalue weighted by molar-refractivity contribution is -0.141. The summed E-state index contributed by atoms with van der Waals surface area (Å²) >= 11 is 0. The normalized spacial score (nSPS) is 16.6. The maximum Gasteiger partial charge on any atom is 0.435 e. The maximum absolute atomic E-state index is 12.4. The molecule has 0 spiro atoms. The Labute approximate surface area is 125 Å². The molecular formula is C13H17F3N4O2. The molecule has 1 fully saturated rings. The van der Waals surface area contributed by atoms with Crippen LogP contribution >= 0.6 is 0 Å². The van der Waals surface area contributed by atoms with Crippen molar-refractivity contribution in [1.82, 2.24) is 20.0 Å². The molecule has 0 bridgehead atoms. The van der Waals surface area contributed by atoms with Crippen molar-refractivity contribution >= 4 is 11.8 Å². The third kappa shape index (κ3) is 4.22. The second-order valence-corrected chi connectivity index (χ2v) is 5.24. The average molecular weight is 318 g/mol. The van der Waals surface area contributed by atoms with Gasteiger partial charge < -0.3 is 10.2 Å². The lowest BCUT2D eigenvalue weighted by Gasteiger charge is -2.31. The van der Waals surface area contributed by atoms with Crippen molar-refractivity contribution in [1.29, 1.82) is 0 Å². The topological polar surface area (TPSA) is 67.2 Å². The Bertz CT molecular complexity index is 548. The van der Waals surface area contributed by atoms with Gasteiger partial charge in [0.1, 0.15) is 6.54 Å². The molecular weight excluding hydrogens is 301 g/mol. The largest absolute Gasteiger partial charge is 0.435 e. The molecule has 22 heavy (non-hydrogen) atoms. The van der Waals surface area contributed by atoms with E-state index in [1.165, 1.54) is 6.92 Å². The number of rotatable bonds is 3. The van der Waals surface area contributed by atoms with Crippen molar-refractivity contribution in [2.24, 2.45) is 0 Å². The van der Waals surface area contributed by atoms with Gasteiger partial charge in [-0.2, -0.15) is 18.3 Å². The summed E-state index contributed by atoms with van der Waals surface area (Å²) in [6.45, 7) is 2.37. The molecule has 0 radical (unpaired) electrons. The molecule has 9 heteroatoms. The number of carbonyl (C=O) groups excluding carboxylic acids is 2. The zero-order chi connectivity index (χ0) is 16.3. The number of hydrogen-bond acceptors (Lipinski definition) is 3. The minimum absolute atomic E-state index is 0.000924.